The van der Waals surface area contributed by atoms with Crippen LogP contribution in [-0.2, 0) is 39.0 Å². The zero-order chi connectivity index (χ0) is 9.45. The zero-order valence-corrected chi connectivity index (χ0v) is 9.60. The van der Waals surface area contributed by atoms with Crippen LogP contribution in [0.1, 0.15) is 0 Å². The third-order valence-corrected chi connectivity index (χ3v) is 2.87. The van der Waals surface area contributed by atoms with E-state index in [0.717, 1.165) is 17.5 Å². The molecule has 0 aliphatic carbocycles. The SMILES string of the molecule is O=C=CP(=C=O)(C=C=O)C=C=O.[Os]. The summed E-state index contributed by atoms with van der Waals surface area (Å²) in [4.78, 5) is 40.0. The number of rotatable bonds is 3. The van der Waals surface area contributed by atoms with Gasteiger partial charge in [-0.25, -0.2) is 19.2 Å². The van der Waals surface area contributed by atoms with Crippen LogP contribution < -0.4 is 0 Å². The molecule has 0 unspecified atom stereocenters. The summed E-state index contributed by atoms with van der Waals surface area (Å²) in [5.74, 6) is 6.32. The number of carbonyl (C=O) groups excluding carboxylic acids is 4. The Morgan fingerprint density at radius 3 is 1.23 bits per heavy atom. The van der Waals surface area contributed by atoms with E-state index in [9.17, 15) is 19.2 Å². The van der Waals surface area contributed by atoms with Crippen molar-refractivity contribution in [2.24, 2.45) is 0 Å². The summed E-state index contributed by atoms with van der Waals surface area (Å²) < 4.78 is 0. The number of hydrogen-bond acceptors (Lipinski definition) is 4. The number of hydrogen-bond donors (Lipinski definition) is 0. The van der Waals surface area contributed by atoms with E-state index in [2.05, 4.69) is 0 Å². The van der Waals surface area contributed by atoms with Crippen molar-refractivity contribution >= 4 is 30.4 Å². The van der Waals surface area contributed by atoms with Crippen molar-refractivity contribution in [3.05, 3.63) is 17.5 Å². The molecule has 13 heavy (non-hydrogen) atoms. The molecule has 68 valence electrons. The Kier molecular flexibility index (Phi) is 8.53. The molecule has 0 saturated carbocycles. The van der Waals surface area contributed by atoms with Gasteiger partial charge in [-0.15, -0.1) is 0 Å². The molecule has 0 amide bonds. The zero-order valence-electron chi connectivity index (χ0n) is 6.17. The van der Waals surface area contributed by atoms with Crippen LogP contribution >= 0.6 is 6.89 Å². The first-order valence-electron chi connectivity index (χ1n) is 2.68. The van der Waals surface area contributed by atoms with Gasteiger partial charge in [-0.05, 0) is 0 Å². The molecule has 4 nitrogen and oxygen atoms in total. The quantitative estimate of drug-likeness (QED) is 0.521. The maximum atomic E-state index is 10.3. The summed E-state index contributed by atoms with van der Waals surface area (Å²) in [6.07, 6.45) is 0. The molecule has 0 rings (SSSR count). The maximum Gasteiger partial charge on any atom is 0.128 e. The molecule has 0 bridgehead atoms. The van der Waals surface area contributed by atoms with E-state index >= 15 is 0 Å². The molecule has 0 saturated heterocycles. The monoisotopic (exact) mass is 374 g/mol. The third-order valence-electron chi connectivity index (χ3n) is 0.957. The maximum absolute atomic E-state index is 10.3. The average Bonchev–Trinajstić information content (AvgIpc) is 2.06. The molecule has 0 aliphatic rings. The van der Waals surface area contributed by atoms with Crippen LogP contribution in [0, 0.1) is 0 Å². The molecule has 0 aromatic heterocycles. The van der Waals surface area contributed by atoms with Crippen molar-refractivity contribution in [2.45, 2.75) is 0 Å². The molecular formula is C7H3O4OsP. The summed E-state index contributed by atoms with van der Waals surface area (Å²) in [7, 11) is 0. The molecule has 0 N–H and O–H groups in total. The van der Waals surface area contributed by atoms with Gasteiger partial charge >= 0.3 is 0 Å². The van der Waals surface area contributed by atoms with E-state index in [-0.39, 0.29) is 19.8 Å². The molecule has 0 fully saturated rings. The Bertz CT molecular complexity index is 336. The summed E-state index contributed by atoms with van der Waals surface area (Å²) in [6.45, 7) is -2.93. The minimum atomic E-state index is -2.93. The van der Waals surface area contributed by atoms with Gasteiger partial charge in [0.1, 0.15) is 23.5 Å². The fourth-order valence-corrected chi connectivity index (χ4v) is 1.36. The second kappa shape index (κ2) is 7.64. The Hall–Kier alpha value is -1.00. The summed E-state index contributed by atoms with van der Waals surface area (Å²) in [6, 6.07) is 0. The summed E-state index contributed by atoms with van der Waals surface area (Å²) >= 11 is 0. The van der Waals surface area contributed by atoms with Crippen molar-refractivity contribution in [2.75, 3.05) is 0 Å². The largest absolute Gasteiger partial charge is 0.233 e. The van der Waals surface area contributed by atoms with E-state index < -0.39 is 6.89 Å². The van der Waals surface area contributed by atoms with Gasteiger partial charge in [0.05, 0.1) is 6.89 Å². The Morgan fingerprint density at radius 1 is 0.769 bits per heavy atom. The molecule has 6 heteroatoms. The van der Waals surface area contributed by atoms with Gasteiger partial charge in [0, 0.05) is 37.2 Å². The van der Waals surface area contributed by atoms with E-state index in [1.807, 2.05) is 0 Å². The van der Waals surface area contributed by atoms with Crippen LogP contribution in [0.25, 0.3) is 0 Å². The van der Waals surface area contributed by atoms with E-state index in [0.29, 0.717) is 0 Å². The van der Waals surface area contributed by atoms with Crippen molar-refractivity contribution in [3.63, 3.8) is 0 Å². The van der Waals surface area contributed by atoms with Crippen LogP contribution in [0.15, 0.2) is 17.5 Å². The van der Waals surface area contributed by atoms with Gasteiger partial charge in [-0.2, -0.15) is 0 Å². The molecule has 0 heterocycles. The topological polar surface area (TPSA) is 68.3 Å². The molecule has 0 aliphatic heterocycles. The van der Waals surface area contributed by atoms with Gasteiger partial charge < -0.3 is 0 Å². The first kappa shape index (κ1) is 14.5. The van der Waals surface area contributed by atoms with Crippen molar-refractivity contribution < 1.29 is 39.0 Å². The first-order valence-corrected chi connectivity index (χ1v) is 4.68. The van der Waals surface area contributed by atoms with Gasteiger partial charge in [0.2, 0.25) is 0 Å². The average molecular weight is 372 g/mol. The van der Waals surface area contributed by atoms with Crippen LogP contribution in [0.5, 0.6) is 0 Å². The predicted molar refractivity (Wildman–Crippen MR) is 43.4 cm³/mol. The van der Waals surface area contributed by atoms with Crippen LogP contribution in [0.3, 0.4) is 0 Å². The Morgan fingerprint density at radius 2 is 1.08 bits per heavy atom. The van der Waals surface area contributed by atoms with E-state index in [1.54, 1.807) is 0 Å². The molecule has 0 spiro atoms. The van der Waals surface area contributed by atoms with Crippen molar-refractivity contribution in [1.29, 1.82) is 0 Å². The predicted octanol–water partition coefficient (Wildman–Crippen LogP) is 0.105. The van der Waals surface area contributed by atoms with Crippen LogP contribution in [-0.4, -0.2) is 23.5 Å². The molecule has 0 aromatic carbocycles. The third kappa shape index (κ3) is 4.54. The second-order valence-corrected chi connectivity index (χ2v) is 4.29. The molecule has 0 radical (unpaired) electrons. The Balaban J connectivity index is 0. The van der Waals surface area contributed by atoms with Crippen LogP contribution in [0.4, 0.5) is 0 Å². The molecule has 0 aromatic rings. The minimum Gasteiger partial charge on any atom is -0.233 e. The van der Waals surface area contributed by atoms with E-state index in [4.69, 9.17) is 0 Å². The van der Waals surface area contributed by atoms with Gasteiger partial charge in [-0.3, -0.25) is 0 Å². The smallest absolute Gasteiger partial charge is 0.128 e. The molecular weight excluding hydrogens is 369 g/mol. The second-order valence-electron chi connectivity index (χ2n) is 1.67. The normalized spacial score (nSPS) is 11.1. The minimum absolute atomic E-state index is 0. The fourth-order valence-electron chi connectivity index (χ4n) is 0.452. The van der Waals surface area contributed by atoms with E-state index in [1.165, 1.54) is 23.5 Å². The van der Waals surface area contributed by atoms with Crippen molar-refractivity contribution in [1.82, 2.24) is 0 Å². The fraction of sp³-hybridized carbons (Fsp3) is 0. The van der Waals surface area contributed by atoms with Crippen LogP contribution in [0.2, 0.25) is 0 Å². The summed E-state index contributed by atoms with van der Waals surface area (Å²) in [5.41, 5.74) is 1.43. The first-order chi connectivity index (χ1) is 5.74. The van der Waals surface area contributed by atoms with Gasteiger partial charge in [-0.1, -0.05) is 0 Å². The Labute approximate surface area is 87.0 Å². The van der Waals surface area contributed by atoms with Crippen molar-refractivity contribution in [3.8, 4) is 0 Å². The molecule has 0 atom stereocenters. The van der Waals surface area contributed by atoms with Gasteiger partial charge in [0.15, 0.2) is 0 Å². The summed E-state index contributed by atoms with van der Waals surface area (Å²) in [5, 5.41) is 0. The standard InChI is InChI=1S/C7H3O4P.Os/c8-1-4-12(7-11,5-2-9)6-3-10;/h4-6H;. The van der Waals surface area contributed by atoms with Gasteiger partial charge in [0.25, 0.3) is 0 Å².